The van der Waals surface area contributed by atoms with E-state index in [-0.39, 0.29) is 0 Å². The van der Waals surface area contributed by atoms with Crippen LogP contribution in [0.1, 0.15) is 93.0 Å². The first kappa shape index (κ1) is 39.5. The lowest BCUT2D eigenvalue weighted by atomic mass is 10.1. The molecule has 10 heteroatoms. The van der Waals surface area contributed by atoms with E-state index in [1.165, 1.54) is 55.8 Å². The Labute approximate surface area is 369 Å². The second kappa shape index (κ2) is 17.8. The second-order valence-electron chi connectivity index (χ2n) is 16.7. The number of benzene rings is 6. The summed E-state index contributed by atoms with van der Waals surface area (Å²) in [6, 6.07) is 47.7. The van der Waals surface area contributed by atoms with Gasteiger partial charge in [-0.25, -0.2) is 15.0 Å². The van der Waals surface area contributed by atoms with Crippen molar-refractivity contribution < 1.29 is 0 Å². The SMILES string of the molecule is Cc1cccc2c1NC(NC1CCc3ccccc31)=NC2.Clc1cccc2c1CN=C(NC1CCc3ccccc31)N2.c1ccc2c(c1)CN=C(N[C@@H]1CCc3ccccc31)N2. The van der Waals surface area contributed by atoms with E-state index in [1.54, 1.807) is 0 Å². The van der Waals surface area contributed by atoms with Gasteiger partial charge in [0.25, 0.3) is 0 Å². The average Bonchev–Trinajstić information content (AvgIpc) is 4.04. The van der Waals surface area contributed by atoms with Gasteiger partial charge < -0.3 is 31.9 Å². The lowest BCUT2D eigenvalue weighted by molar-refractivity contribution is 0.635. The molecule has 2 unspecified atom stereocenters. The molecule has 6 aliphatic rings. The molecule has 0 saturated heterocycles. The number of nitrogens with zero attached hydrogens (tertiary/aromatic N) is 3. The van der Waals surface area contributed by atoms with Crippen molar-refractivity contribution in [3.63, 3.8) is 0 Å². The summed E-state index contributed by atoms with van der Waals surface area (Å²) in [6.45, 7) is 4.26. The van der Waals surface area contributed by atoms with Crippen LogP contribution in [0.2, 0.25) is 5.02 Å². The highest BCUT2D eigenvalue weighted by atomic mass is 35.5. The first-order valence-corrected chi connectivity index (χ1v) is 22.3. The van der Waals surface area contributed by atoms with Crippen LogP contribution in [-0.2, 0) is 38.9 Å². The molecule has 0 radical (unpaired) electrons. The summed E-state index contributed by atoms with van der Waals surface area (Å²) in [5.74, 6) is 2.63. The van der Waals surface area contributed by atoms with Crippen molar-refractivity contribution in [2.24, 2.45) is 15.0 Å². The van der Waals surface area contributed by atoms with E-state index in [2.05, 4.69) is 169 Å². The van der Waals surface area contributed by atoms with Crippen LogP contribution in [0.5, 0.6) is 0 Å². The smallest absolute Gasteiger partial charge is 0.196 e. The summed E-state index contributed by atoms with van der Waals surface area (Å²) < 4.78 is 0. The summed E-state index contributed by atoms with van der Waals surface area (Å²) in [7, 11) is 0. The third-order valence-electron chi connectivity index (χ3n) is 12.8. The largest absolute Gasteiger partial charge is 0.349 e. The van der Waals surface area contributed by atoms with Gasteiger partial charge in [0.05, 0.1) is 37.8 Å². The Morgan fingerprint density at radius 3 is 1.48 bits per heavy atom. The maximum atomic E-state index is 6.20. The Balaban J connectivity index is 0.000000111. The number of hydrogen-bond acceptors (Lipinski definition) is 9. The Bertz CT molecular complexity index is 2700. The van der Waals surface area contributed by atoms with Crippen molar-refractivity contribution in [2.75, 3.05) is 16.0 Å². The Morgan fingerprint density at radius 2 is 0.887 bits per heavy atom. The van der Waals surface area contributed by atoms with E-state index in [0.717, 1.165) is 91.5 Å². The lowest BCUT2D eigenvalue weighted by Crippen LogP contribution is -2.35. The fourth-order valence-electron chi connectivity index (χ4n) is 9.50. The highest BCUT2D eigenvalue weighted by molar-refractivity contribution is 6.32. The van der Waals surface area contributed by atoms with Crippen LogP contribution in [0.4, 0.5) is 17.1 Å². The first-order chi connectivity index (χ1) is 30.5. The molecule has 6 aromatic carbocycles. The third-order valence-corrected chi connectivity index (χ3v) is 13.1. The van der Waals surface area contributed by atoms with Crippen LogP contribution >= 0.6 is 11.6 Å². The summed E-state index contributed by atoms with van der Waals surface area (Å²) >= 11 is 6.20. The second-order valence-corrected chi connectivity index (χ2v) is 17.1. The summed E-state index contributed by atoms with van der Waals surface area (Å²) in [5, 5.41) is 21.6. The third kappa shape index (κ3) is 8.50. The maximum absolute atomic E-state index is 6.20. The maximum Gasteiger partial charge on any atom is 0.196 e. The van der Waals surface area contributed by atoms with Gasteiger partial charge in [0.2, 0.25) is 0 Å². The molecule has 3 aliphatic carbocycles. The van der Waals surface area contributed by atoms with Crippen molar-refractivity contribution in [1.29, 1.82) is 0 Å². The van der Waals surface area contributed by atoms with Gasteiger partial charge in [-0.2, -0.15) is 0 Å². The number of aliphatic imine (C=N–C) groups is 3. The van der Waals surface area contributed by atoms with Crippen molar-refractivity contribution >= 4 is 46.5 Å². The predicted octanol–water partition coefficient (Wildman–Crippen LogP) is 10.7. The topological polar surface area (TPSA) is 109 Å². The number of anilines is 3. The Hall–Kier alpha value is -6.58. The first-order valence-electron chi connectivity index (χ1n) is 21.9. The van der Waals surface area contributed by atoms with Crippen LogP contribution in [-0.4, -0.2) is 17.9 Å². The van der Waals surface area contributed by atoms with Crippen molar-refractivity contribution in [3.8, 4) is 0 Å². The molecule has 62 heavy (non-hydrogen) atoms. The summed E-state index contributed by atoms with van der Waals surface area (Å²) in [5.41, 5.74) is 16.9. The number of halogens is 1. The molecule has 0 fully saturated rings. The Morgan fingerprint density at radius 1 is 0.452 bits per heavy atom. The van der Waals surface area contributed by atoms with E-state index in [1.807, 2.05) is 18.2 Å². The number of rotatable bonds is 3. The van der Waals surface area contributed by atoms with Gasteiger partial charge in [-0.1, -0.05) is 127 Å². The number of fused-ring (bicyclic) bond motifs is 6. The predicted molar refractivity (Wildman–Crippen MR) is 255 cm³/mol. The molecule has 3 aliphatic heterocycles. The van der Waals surface area contributed by atoms with E-state index >= 15 is 0 Å². The van der Waals surface area contributed by atoms with Crippen LogP contribution in [0.15, 0.2) is 148 Å². The van der Waals surface area contributed by atoms with Crippen LogP contribution in [0.25, 0.3) is 0 Å². The molecule has 0 amide bonds. The molecule has 3 atom stereocenters. The molecule has 6 N–H and O–H groups in total. The van der Waals surface area contributed by atoms with Gasteiger partial charge in [-0.15, -0.1) is 0 Å². The molecule has 0 aromatic heterocycles. The van der Waals surface area contributed by atoms with Crippen LogP contribution in [0.3, 0.4) is 0 Å². The number of para-hydroxylation sites is 2. The van der Waals surface area contributed by atoms with Crippen molar-refractivity contribution in [3.05, 3.63) is 194 Å². The van der Waals surface area contributed by atoms with Gasteiger partial charge in [-0.05, 0) is 114 Å². The fraction of sp³-hybridized carbons (Fsp3) is 0.250. The molecule has 0 bridgehead atoms. The molecular weight excluding hydrogens is 786 g/mol. The van der Waals surface area contributed by atoms with E-state index in [9.17, 15) is 0 Å². The average molecular weight is 839 g/mol. The molecule has 3 heterocycles. The highest BCUT2D eigenvalue weighted by Gasteiger charge is 2.27. The molecule has 6 aromatic rings. The fourth-order valence-corrected chi connectivity index (χ4v) is 9.73. The molecule has 312 valence electrons. The van der Waals surface area contributed by atoms with Crippen molar-refractivity contribution in [1.82, 2.24) is 16.0 Å². The van der Waals surface area contributed by atoms with E-state index in [4.69, 9.17) is 11.6 Å². The van der Waals surface area contributed by atoms with E-state index < -0.39 is 0 Å². The number of guanidine groups is 3. The van der Waals surface area contributed by atoms with Crippen LogP contribution in [0, 0.1) is 6.92 Å². The standard InChI is InChI=1S/C18H19N3.C17H16ClN3.C17H17N3/c1-12-5-4-7-14-11-19-18(21-17(12)14)20-16-10-9-13-6-2-3-8-15(13)16;18-14-6-3-7-15-13(14)10-19-17(20-15)21-16-9-8-11-4-1-2-5-12(11)16;1-3-7-14-12(5-1)9-10-16(14)20-17-18-11-13-6-2-4-8-15(13)19-17/h2-8,16H,9-11H2,1H3,(H2,19,20,21);1-7,16H,8-10H2,(H2,19,20,21);1-8,16H,9-11H2,(H2,18,19,20)/t;;16-/m..1/s1. The number of aryl methyl sites for hydroxylation is 4. The zero-order valence-electron chi connectivity index (χ0n) is 35.0. The minimum Gasteiger partial charge on any atom is -0.349 e. The van der Waals surface area contributed by atoms with Gasteiger partial charge >= 0.3 is 0 Å². The zero-order valence-corrected chi connectivity index (χ0v) is 35.8. The monoisotopic (exact) mass is 837 g/mol. The molecule has 0 saturated carbocycles. The molecule has 0 spiro atoms. The lowest BCUT2D eigenvalue weighted by Gasteiger charge is -2.24. The minimum atomic E-state index is 0.341. The van der Waals surface area contributed by atoms with Gasteiger partial charge in [-0.3, -0.25) is 0 Å². The quantitative estimate of drug-likeness (QED) is 0.106. The summed E-state index contributed by atoms with van der Waals surface area (Å²) in [6.07, 6.45) is 6.82. The highest BCUT2D eigenvalue weighted by Crippen LogP contribution is 2.35. The Kier molecular flexibility index (Phi) is 11.4. The molecule has 9 nitrogen and oxygen atoms in total. The number of hydrogen-bond donors (Lipinski definition) is 6. The van der Waals surface area contributed by atoms with Crippen molar-refractivity contribution in [2.45, 2.75) is 83.2 Å². The number of nitrogens with one attached hydrogen (secondary N) is 6. The zero-order chi connectivity index (χ0) is 41.8. The van der Waals surface area contributed by atoms with Gasteiger partial charge in [0.1, 0.15) is 0 Å². The molecular formula is C52H52ClN9. The van der Waals surface area contributed by atoms with E-state index in [0.29, 0.717) is 24.7 Å². The normalized spacial score (nSPS) is 19.4. The van der Waals surface area contributed by atoms with Gasteiger partial charge in [0, 0.05) is 27.6 Å². The summed E-state index contributed by atoms with van der Waals surface area (Å²) in [4.78, 5) is 13.8. The molecule has 12 rings (SSSR count). The minimum absolute atomic E-state index is 0.341. The van der Waals surface area contributed by atoms with Crippen LogP contribution < -0.4 is 31.9 Å². The van der Waals surface area contributed by atoms with Gasteiger partial charge in [0.15, 0.2) is 17.9 Å².